The summed E-state index contributed by atoms with van der Waals surface area (Å²) >= 11 is 0. The van der Waals surface area contributed by atoms with Gasteiger partial charge in [0.05, 0.1) is 10.9 Å². The molecule has 0 unspecified atom stereocenters. The molecule has 0 aliphatic heterocycles. The maximum atomic E-state index is 14.2. The number of phenolic OH excluding ortho intramolecular Hbond substituents is 1. The molecular weight excluding hydrogens is 411 g/mol. The van der Waals surface area contributed by atoms with E-state index in [1.54, 1.807) is 6.92 Å². The van der Waals surface area contributed by atoms with E-state index in [2.05, 4.69) is 0 Å². The van der Waals surface area contributed by atoms with Crippen LogP contribution in [0, 0.1) is 30.3 Å². The number of hydrogen-bond donors (Lipinski definition) is 2. The van der Waals surface area contributed by atoms with E-state index in [1.165, 1.54) is 6.92 Å². The third kappa shape index (κ3) is 3.00. The van der Waals surface area contributed by atoms with Crippen LogP contribution in [0.25, 0.3) is 10.9 Å². The molecule has 3 aromatic rings. The molecule has 0 bridgehead atoms. The van der Waals surface area contributed by atoms with Gasteiger partial charge in [-0.1, -0.05) is 6.42 Å². The van der Waals surface area contributed by atoms with Gasteiger partial charge in [0.15, 0.2) is 23.2 Å². The van der Waals surface area contributed by atoms with Crippen molar-refractivity contribution in [2.45, 2.75) is 38.5 Å². The molecule has 2 N–H and O–H groups in total. The maximum absolute atomic E-state index is 14.2. The largest absolute Gasteiger partial charge is 0.505 e. The summed E-state index contributed by atoms with van der Waals surface area (Å²) in [5.74, 6) is -6.06. The lowest BCUT2D eigenvalue weighted by molar-refractivity contribution is -0.146. The van der Waals surface area contributed by atoms with Gasteiger partial charge < -0.3 is 10.2 Å². The number of carboxylic acids is 1. The van der Waals surface area contributed by atoms with Gasteiger partial charge in [-0.3, -0.25) is 14.2 Å². The number of rotatable bonds is 4. The van der Waals surface area contributed by atoms with Gasteiger partial charge >= 0.3 is 5.97 Å². The lowest BCUT2D eigenvalue weighted by atomic mass is 9.62. The summed E-state index contributed by atoms with van der Waals surface area (Å²) in [6, 6.07) is 4.71. The van der Waals surface area contributed by atoms with Crippen LogP contribution in [-0.4, -0.2) is 26.7 Å². The number of carbonyl (C=O) groups is 2. The van der Waals surface area contributed by atoms with Gasteiger partial charge in [-0.15, -0.1) is 0 Å². The van der Waals surface area contributed by atoms with Crippen LogP contribution in [0.15, 0.2) is 30.3 Å². The van der Waals surface area contributed by atoms with Crippen molar-refractivity contribution in [3.63, 3.8) is 0 Å². The van der Waals surface area contributed by atoms with Crippen LogP contribution in [0.2, 0.25) is 0 Å². The Kier molecular flexibility index (Phi) is 4.83. The standard InChI is InChI=1S/C23H20F3NO4/c1-11-20(23(2,22(30)31)13-4-3-5-13)14-9-19(28)17(26)10-18(14)27(11)21(29)12-6-7-15(24)16(25)8-12/h6-10,13,28H,3-5H2,1-2H3,(H,30,31)/t23-/m1/s1. The number of hydrogen-bond acceptors (Lipinski definition) is 3. The second-order valence-electron chi connectivity index (χ2n) is 8.19. The second-order valence-corrected chi connectivity index (χ2v) is 8.19. The van der Waals surface area contributed by atoms with Crippen LogP contribution < -0.4 is 0 Å². The van der Waals surface area contributed by atoms with Gasteiger partial charge in [-0.05, 0) is 62.4 Å². The van der Waals surface area contributed by atoms with Crippen molar-refractivity contribution in [1.29, 1.82) is 0 Å². The van der Waals surface area contributed by atoms with Crippen molar-refractivity contribution in [2.75, 3.05) is 0 Å². The van der Waals surface area contributed by atoms with E-state index in [4.69, 9.17) is 0 Å². The molecule has 31 heavy (non-hydrogen) atoms. The van der Waals surface area contributed by atoms with Crippen molar-refractivity contribution in [3.05, 3.63) is 64.6 Å². The van der Waals surface area contributed by atoms with Crippen molar-refractivity contribution < 1.29 is 33.0 Å². The highest BCUT2D eigenvalue weighted by Crippen LogP contribution is 2.49. The summed E-state index contributed by atoms with van der Waals surface area (Å²) < 4.78 is 42.4. The Hall–Kier alpha value is -3.29. The summed E-state index contributed by atoms with van der Waals surface area (Å²) in [6.45, 7) is 3.09. The molecule has 162 valence electrons. The number of benzene rings is 2. The van der Waals surface area contributed by atoms with Crippen molar-refractivity contribution in [1.82, 2.24) is 4.57 Å². The number of fused-ring (bicyclic) bond motifs is 1. The predicted molar refractivity (Wildman–Crippen MR) is 107 cm³/mol. The van der Waals surface area contributed by atoms with Crippen LogP contribution in [0.1, 0.15) is 47.8 Å². The van der Waals surface area contributed by atoms with E-state index in [1.807, 2.05) is 0 Å². The first kappa shape index (κ1) is 21.0. The molecule has 1 aliphatic carbocycles. The molecule has 4 rings (SSSR count). The minimum absolute atomic E-state index is 0.0457. The first-order valence-electron chi connectivity index (χ1n) is 9.84. The number of aliphatic carboxylic acids is 1. The molecule has 2 aromatic carbocycles. The molecule has 0 saturated heterocycles. The quantitative estimate of drug-likeness (QED) is 0.616. The fraction of sp³-hybridized carbons (Fsp3) is 0.304. The lowest BCUT2D eigenvalue weighted by Gasteiger charge is -2.40. The number of carboxylic acid groups (broad SMARTS) is 1. The Morgan fingerprint density at radius 1 is 1.06 bits per heavy atom. The summed E-state index contributed by atoms with van der Waals surface area (Å²) in [6.07, 6.45) is 2.23. The zero-order chi connectivity index (χ0) is 22.7. The van der Waals surface area contributed by atoms with Crippen molar-refractivity contribution in [3.8, 4) is 5.75 Å². The average molecular weight is 431 g/mol. The Balaban J connectivity index is 2.04. The third-order valence-electron chi connectivity index (χ3n) is 6.53. The van der Waals surface area contributed by atoms with Crippen LogP contribution in [0.5, 0.6) is 5.75 Å². The smallest absolute Gasteiger partial charge is 0.314 e. The van der Waals surface area contributed by atoms with Gasteiger partial charge in [-0.2, -0.15) is 0 Å². The van der Waals surface area contributed by atoms with Crippen LogP contribution in [0.4, 0.5) is 13.2 Å². The van der Waals surface area contributed by atoms with Crippen LogP contribution in [0.3, 0.4) is 0 Å². The number of nitrogens with zero attached hydrogens (tertiary/aromatic N) is 1. The molecule has 1 heterocycles. The average Bonchev–Trinajstić information content (AvgIpc) is 2.93. The summed E-state index contributed by atoms with van der Waals surface area (Å²) in [4.78, 5) is 25.7. The first-order valence-corrected chi connectivity index (χ1v) is 9.84. The fourth-order valence-corrected chi connectivity index (χ4v) is 4.57. The number of phenols is 1. The SMILES string of the molecule is Cc1c([C@](C)(C(=O)O)C2CCC2)c2cc(O)c(F)cc2n1C(=O)c1ccc(F)c(F)c1. The molecule has 8 heteroatoms. The monoisotopic (exact) mass is 431 g/mol. The number of carbonyl (C=O) groups excluding carboxylic acids is 1. The third-order valence-corrected chi connectivity index (χ3v) is 6.53. The highest BCUT2D eigenvalue weighted by molar-refractivity contribution is 6.06. The summed E-state index contributed by atoms with van der Waals surface area (Å²) in [5, 5.41) is 20.3. The minimum Gasteiger partial charge on any atom is -0.505 e. The molecule has 1 saturated carbocycles. The first-order chi connectivity index (χ1) is 14.6. The number of aromatic nitrogens is 1. The van der Waals surface area contributed by atoms with Crippen LogP contribution >= 0.6 is 0 Å². The molecule has 0 spiro atoms. The molecule has 0 amide bonds. The van der Waals surface area contributed by atoms with E-state index in [9.17, 15) is 33.0 Å². The molecule has 0 radical (unpaired) electrons. The molecular formula is C23H20F3NO4. The van der Waals surface area contributed by atoms with E-state index in [-0.39, 0.29) is 28.1 Å². The molecule has 5 nitrogen and oxygen atoms in total. The Morgan fingerprint density at radius 3 is 2.29 bits per heavy atom. The van der Waals surface area contributed by atoms with Gasteiger partial charge in [0.2, 0.25) is 0 Å². The van der Waals surface area contributed by atoms with E-state index in [0.717, 1.165) is 41.3 Å². The number of halogens is 3. The van der Waals surface area contributed by atoms with Crippen LogP contribution in [-0.2, 0) is 10.2 Å². The summed E-state index contributed by atoms with van der Waals surface area (Å²) in [5.41, 5.74) is -0.980. The molecule has 1 aromatic heterocycles. The zero-order valence-electron chi connectivity index (χ0n) is 16.9. The van der Waals surface area contributed by atoms with E-state index >= 15 is 0 Å². The number of aromatic hydroxyl groups is 1. The zero-order valence-corrected chi connectivity index (χ0v) is 16.9. The van der Waals surface area contributed by atoms with Gasteiger partial charge in [0.1, 0.15) is 0 Å². The molecule has 1 aliphatic rings. The molecule has 1 fully saturated rings. The minimum atomic E-state index is -1.38. The highest BCUT2D eigenvalue weighted by atomic mass is 19.2. The van der Waals surface area contributed by atoms with Gasteiger partial charge in [0.25, 0.3) is 5.91 Å². The summed E-state index contributed by atoms with van der Waals surface area (Å²) in [7, 11) is 0. The predicted octanol–water partition coefficient (Wildman–Crippen LogP) is 4.90. The topological polar surface area (TPSA) is 79.5 Å². The van der Waals surface area contributed by atoms with Gasteiger partial charge in [0, 0.05) is 22.7 Å². The van der Waals surface area contributed by atoms with E-state index in [0.29, 0.717) is 18.4 Å². The van der Waals surface area contributed by atoms with Gasteiger partial charge in [-0.25, -0.2) is 13.2 Å². The van der Waals surface area contributed by atoms with E-state index < -0.39 is 40.5 Å². The van der Waals surface area contributed by atoms with Crippen molar-refractivity contribution >= 4 is 22.8 Å². The maximum Gasteiger partial charge on any atom is 0.314 e. The second kappa shape index (κ2) is 7.14. The Morgan fingerprint density at radius 2 is 1.74 bits per heavy atom. The molecule has 1 atom stereocenters. The fourth-order valence-electron chi connectivity index (χ4n) is 4.57. The normalized spacial score (nSPS) is 16.2. The Bertz CT molecular complexity index is 1250. The Labute approximate surface area is 175 Å². The highest BCUT2D eigenvalue weighted by Gasteiger charge is 2.48. The lowest BCUT2D eigenvalue weighted by Crippen LogP contribution is -2.44. The van der Waals surface area contributed by atoms with Crippen molar-refractivity contribution in [2.24, 2.45) is 5.92 Å².